The molecule has 0 saturated carbocycles. The maximum Gasteiger partial charge on any atom is 0.253 e. The van der Waals surface area contributed by atoms with Crippen LogP contribution in [0.3, 0.4) is 0 Å². The van der Waals surface area contributed by atoms with Gasteiger partial charge in [-0.25, -0.2) is 9.50 Å². The van der Waals surface area contributed by atoms with E-state index in [1.54, 1.807) is 4.52 Å². The summed E-state index contributed by atoms with van der Waals surface area (Å²) in [6.45, 7) is 6.25. The lowest BCUT2D eigenvalue weighted by Gasteiger charge is -2.10. The van der Waals surface area contributed by atoms with Crippen molar-refractivity contribution in [1.82, 2.24) is 24.9 Å². The third-order valence-electron chi connectivity index (χ3n) is 3.56. The summed E-state index contributed by atoms with van der Waals surface area (Å²) >= 11 is 1.33. The van der Waals surface area contributed by atoms with E-state index in [1.165, 1.54) is 11.8 Å². The van der Waals surface area contributed by atoms with E-state index in [1.807, 2.05) is 57.2 Å². The number of carbonyl (C=O) groups excluding carboxylic acids is 1. The average Bonchev–Trinajstić information content (AvgIpc) is 2.96. The Labute approximate surface area is 144 Å². The highest BCUT2D eigenvalue weighted by Crippen LogP contribution is 2.20. The predicted molar refractivity (Wildman–Crippen MR) is 93.9 cm³/mol. The molecule has 7 heteroatoms. The number of carbonyl (C=O) groups is 1. The first-order valence-corrected chi connectivity index (χ1v) is 8.60. The molecular weight excluding hydrogens is 322 g/mol. The Morgan fingerprint density at radius 3 is 2.75 bits per heavy atom. The average molecular weight is 341 g/mol. The van der Waals surface area contributed by atoms with Gasteiger partial charge in [0.1, 0.15) is 0 Å². The number of nitrogens with one attached hydrogen (secondary N) is 1. The highest BCUT2D eigenvalue weighted by Gasteiger charge is 2.17. The molecule has 3 aromatic rings. The van der Waals surface area contributed by atoms with Gasteiger partial charge < -0.3 is 5.32 Å². The molecule has 0 fully saturated rings. The summed E-state index contributed by atoms with van der Waals surface area (Å²) in [7, 11) is 0. The Hall–Kier alpha value is -2.41. The van der Waals surface area contributed by atoms with Gasteiger partial charge in [-0.1, -0.05) is 42.1 Å². The molecule has 2 aromatic heterocycles. The zero-order valence-corrected chi connectivity index (χ0v) is 14.7. The minimum atomic E-state index is -0.285. The molecule has 0 aliphatic rings. The summed E-state index contributed by atoms with van der Waals surface area (Å²) in [5.41, 5.74) is 2.94. The van der Waals surface area contributed by atoms with Crippen molar-refractivity contribution in [3.05, 3.63) is 53.3 Å². The van der Waals surface area contributed by atoms with Crippen LogP contribution < -0.4 is 5.32 Å². The van der Waals surface area contributed by atoms with Gasteiger partial charge in [0.2, 0.25) is 11.1 Å². The number of fused-ring (bicyclic) bond motifs is 1. The molecule has 0 bridgehead atoms. The van der Waals surface area contributed by atoms with Gasteiger partial charge >= 0.3 is 0 Å². The van der Waals surface area contributed by atoms with Crippen LogP contribution in [0.1, 0.15) is 23.9 Å². The lowest BCUT2D eigenvalue weighted by molar-refractivity contribution is -0.120. The summed E-state index contributed by atoms with van der Waals surface area (Å²) in [5.74, 6) is 0.524. The van der Waals surface area contributed by atoms with Crippen LogP contribution in [0, 0.1) is 13.8 Å². The number of aryl methyl sites for hydroxylation is 2. The molecule has 24 heavy (non-hydrogen) atoms. The Morgan fingerprint density at radius 1 is 1.25 bits per heavy atom. The quantitative estimate of drug-likeness (QED) is 0.722. The van der Waals surface area contributed by atoms with Gasteiger partial charge in [0, 0.05) is 17.9 Å². The first kappa shape index (κ1) is 16.4. The molecule has 0 unspecified atom stereocenters. The largest absolute Gasteiger partial charge is 0.351 e. The van der Waals surface area contributed by atoms with Gasteiger partial charge in [-0.15, -0.1) is 5.10 Å². The molecule has 1 amide bonds. The zero-order valence-electron chi connectivity index (χ0n) is 13.9. The summed E-state index contributed by atoms with van der Waals surface area (Å²) in [6, 6.07) is 11.8. The maximum atomic E-state index is 12.2. The van der Waals surface area contributed by atoms with Gasteiger partial charge in [0.15, 0.2) is 0 Å². The van der Waals surface area contributed by atoms with Crippen LogP contribution in [0.5, 0.6) is 0 Å². The molecule has 0 aliphatic heterocycles. The molecule has 0 spiro atoms. The third kappa shape index (κ3) is 3.73. The predicted octanol–water partition coefficient (Wildman–Crippen LogP) is 2.54. The van der Waals surface area contributed by atoms with Crippen LogP contribution in [0.2, 0.25) is 0 Å². The van der Waals surface area contributed by atoms with Crippen molar-refractivity contribution in [3.8, 4) is 0 Å². The first-order valence-electron chi connectivity index (χ1n) is 7.72. The number of benzene rings is 1. The Kier molecular flexibility index (Phi) is 4.80. The molecule has 1 N–H and O–H groups in total. The third-order valence-corrected chi connectivity index (χ3v) is 4.51. The monoisotopic (exact) mass is 341 g/mol. The van der Waals surface area contributed by atoms with E-state index in [-0.39, 0.29) is 11.2 Å². The van der Waals surface area contributed by atoms with Crippen LogP contribution in [0.4, 0.5) is 0 Å². The fourth-order valence-electron chi connectivity index (χ4n) is 2.34. The van der Waals surface area contributed by atoms with Crippen LogP contribution in [0.15, 0.2) is 41.6 Å². The van der Waals surface area contributed by atoms with Crippen molar-refractivity contribution >= 4 is 23.4 Å². The van der Waals surface area contributed by atoms with Gasteiger partial charge in [-0.05, 0) is 32.4 Å². The van der Waals surface area contributed by atoms with Gasteiger partial charge in [-0.2, -0.15) is 4.98 Å². The summed E-state index contributed by atoms with van der Waals surface area (Å²) in [5, 5.41) is 7.63. The van der Waals surface area contributed by atoms with E-state index in [0.29, 0.717) is 17.5 Å². The zero-order chi connectivity index (χ0) is 17.1. The van der Waals surface area contributed by atoms with E-state index in [0.717, 1.165) is 17.0 Å². The first-order chi connectivity index (χ1) is 11.5. The van der Waals surface area contributed by atoms with Crippen molar-refractivity contribution < 1.29 is 4.79 Å². The molecule has 3 rings (SSSR count). The van der Waals surface area contributed by atoms with E-state index in [4.69, 9.17) is 0 Å². The number of amides is 1. The molecule has 1 atom stereocenters. The second-order valence-corrected chi connectivity index (χ2v) is 6.92. The summed E-state index contributed by atoms with van der Waals surface area (Å²) < 4.78 is 1.70. The number of hydrogen-bond donors (Lipinski definition) is 1. The number of rotatable bonds is 5. The SMILES string of the molecule is Cc1cc(C)n2nc(S[C@@H](C)C(=O)NCc3ccccc3)nc2n1. The fourth-order valence-corrected chi connectivity index (χ4v) is 3.11. The van der Waals surface area contributed by atoms with Gasteiger partial charge in [0.05, 0.1) is 5.25 Å². The smallest absolute Gasteiger partial charge is 0.253 e. The Balaban J connectivity index is 1.64. The number of thioether (sulfide) groups is 1. The molecular formula is C17H19N5OS. The Bertz CT molecular complexity index is 862. The van der Waals surface area contributed by atoms with Crippen molar-refractivity contribution in [2.75, 3.05) is 0 Å². The van der Waals surface area contributed by atoms with E-state index in [2.05, 4.69) is 20.4 Å². The summed E-state index contributed by atoms with van der Waals surface area (Å²) in [4.78, 5) is 21.0. The minimum Gasteiger partial charge on any atom is -0.351 e. The topological polar surface area (TPSA) is 72.2 Å². The minimum absolute atomic E-state index is 0.0384. The van der Waals surface area contributed by atoms with E-state index >= 15 is 0 Å². The van der Waals surface area contributed by atoms with Gasteiger partial charge in [0.25, 0.3) is 5.78 Å². The molecule has 1 aromatic carbocycles. The second-order valence-electron chi connectivity index (χ2n) is 5.61. The van der Waals surface area contributed by atoms with Crippen LogP contribution >= 0.6 is 11.8 Å². The molecule has 0 radical (unpaired) electrons. The number of hydrogen-bond acceptors (Lipinski definition) is 5. The molecule has 0 aliphatic carbocycles. The van der Waals surface area contributed by atoms with E-state index < -0.39 is 0 Å². The second kappa shape index (κ2) is 7.00. The maximum absolute atomic E-state index is 12.2. The van der Waals surface area contributed by atoms with Gasteiger partial charge in [-0.3, -0.25) is 4.79 Å². The molecule has 6 nitrogen and oxygen atoms in total. The van der Waals surface area contributed by atoms with Crippen LogP contribution in [-0.4, -0.2) is 30.7 Å². The standard InChI is InChI=1S/C17H19N5OS/c1-11-9-12(2)22-16(19-11)20-17(21-22)24-13(3)15(23)18-10-14-7-5-4-6-8-14/h4-9,13H,10H2,1-3H3,(H,18,23)/t13-/m0/s1. The lowest BCUT2D eigenvalue weighted by Crippen LogP contribution is -2.30. The highest BCUT2D eigenvalue weighted by molar-refractivity contribution is 8.00. The number of nitrogens with zero attached hydrogens (tertiary/aromatic N) is 4. The molecule has 2 heterocycles. The normalized spacial score (nSPS) is 12.3. The van der Waals surface area contributed by atoms with Crippen molar-refractivity contribution in [1.29, 1.82) is 0 Å². The Morgan fingerprint density at radius 2 is 2.00 bits per heavy atom. The van der Waals surface area contributed by atoms with Crippen LogP contribution in [0.25, 0.3) is 5.78 Å². The van der Waals surface area contributed by atoms with Crippen molar-refractivity contribution in [2.24, 2.45) is 0 Å². The fraction of sp³-hybridized carbons (Fsp3) is 0.294. The molecule has 124 valence electrons. The molecule has 0 saturated heterocycles. The van der Waals surface area contributed by atoms with E-state index in [9.17, 15) is 4.79 Å². The highest BCUT2D eigenvalue weighted by atomic mass is 32.2. The summed E-state index contributed by atoms with van der Waals surface area (Å²) in [6.07, 6.45) is 0. The van der Waals surface area contributed by atoms with Crippen LogP contribution in [-0.2, 0) is 11.3 Å². The van der Waals surface area contributed by atoms with Crippen molar-refractivity contribution in [3.63, 3.8) is 0 Å². The number of aromatic nitrogens is 4. The van der Waals surface area contributed by atoms with Crippen molar-refractivity contribution in [2.45, 2.75) is 37.7 Å². The lowest BCUT2D eigenvalue weighted by atomic mass is 10.2.